The molecule has 0 aromatic carbocycles. The van der Waals surface area contributed by atoms with Crippen molar-refractivity contribution >= 4 is 23.7 Å². The molecular formula is C32H40O8. The van der Waals surface area contributed by atoms with E-state index in [1.807, 2.05) is 20.8 Å². The highest BCUT2D eigenvalue weighted by Gasteiger charge is 2.74. The zero-order valence-electron chi connectivity index (χ0n) is 24.3. The Morgan fingerprint density at radius 1 is 1.00 bits per heavy atom. The van der Waals surface area contributed by atoms with Gasteiger partial charge >= 0.3 is 17.9 Å². The lowest BCUT2D eigenvalue weighted by molar-refractivity contribution is -0.231. The monoisotopic (exact) mass is 552 g/mol. The first-order valence-corrected chi connectivity index (χ1v) is 14.7. The predicted molar refractivity (Wildman–Crippen MR) is 143 cm³/mol. The average Bonchev–Trinajstić information content (AvgIpc) is 3.39. The summed E-state index contributed by atoms with van der Waals surface area (Å²) in [5, 5.41) is 0. The molecule has 2 heterocycles. The second kappa shape index (κ2) is 9.13. The highest BCUT2D eigenvalue weighted by molar-refractivity contribution is 5.99. The van der Waals surface area contributed by atoms with Crippen LogP contribution >= 0.6 is 0 Å². The zero-order valence-corrected chi connectivity index (χ0v) is 24.3. The summed E-state index contributed by atoms with van der Waals surface area (Å²) < 4.78 is 24.3. The van der Waals surface area contributed by atoms with Gasteiger partial charge in [0, 0.05) is 37.2 Å². The molecule has 216 valence electrons. The minimum absolute atomic E-state index is 0.0354. The van der Waals surface area contributed by atoms with Gasteiger partial charge in [-0.3, -0.25) is 14.4 Å². The minimum atomic E-state index is -0.803. The van der Waals surface area contributed by atoms with Crippen molar-refractivity contribution in [2.45, 2.75) is 104 Å². The van der Waals surface area contributed by atoms with Gasteiger partial charge in [0.05, 0.1) is 5.41 Å². The van der Waals surface area contributed by atoms with Crippen molar-refractivity contribution in [2.24, 2.45) is 34.5 Å². The molecule has 0 N–H and O–H groups in total. The number of fused-ring (bicyclic) bond motifs is 4. The maximum absolute atomic E-state index is 13.5. The van der Waals surface area contributed by atoms with E-state index in [9.17, 15) is 19.2 Å². The molecule has 1 saturated heterocycles. The first-order valence-electron chi connectivity index (χ1n) is 14.7. The summed E-state index contributed by atoms with van der Waals surface area (Å²) in [5.74, 6) is -0.564. The third-order valence-corrected chi connectivity index (χ3v) is 11.6. The van der Waals surface area contributed by atoms with Crippen molar-refractivity contribution in [3.63, 3.8) is 0 Å². The molecule has 0 radical (unpaired) electrons. The third kappa shape index (κ3) is 3.60. The molecule has 0 bridgehead atoms. The van der Waals surface area contributed by atoms with E-state index in [1.54, 1.807) is 19.1 Å². The molecule has 0 aromatic rings. The van der Waals surface area contributed by atoms with Crippen LogP contribution in [0.1, 0.15) is 80.1 Å². The molecule has 3 fully saturated rings. The lowest BCUT2D eigenvalue weighted by atomic mass is 9.46. The van der Waals surface area contributed by atoms with Gasteiger partial charge in [-0.25, -0.2) is 4.79 Å². The normalized spacial score (nSPS) is 45.5. The summed E-state index contributed by atoms with van der Waals surface area (Å²) >= 11 is 0. The van der Waals surface area contributed by atoms with Gasteiger partial charge in [-0.2, -0.15) is 0 Å². The molecule has 0 aromatic heterocycles. The number of carbonyl (C=O) groups is 4. The van der Waals surface area contributed by atoms with Crippen molar-refractivity contribution in [1.82, 2.24) is 0 Å². The average molecular weight is 553 g/mol. The summed E-state index contributed by atoms with van der Waals surface area (Å²) in [5.41, 5.74) is 0.544. The lowest BCUT2D eigenvalue weighted by Crippen LogP contribution is -2.57. The number of carbonyl (C=O) groups excluding carboxylic acids is 4. The second-order valence-corrected chi connectivity index (χ2v) is 13.3. The first-order chi connectivity index (χ1) is 18.8. The number of allylic oxidation sites excluding steroid dienone is 2. The molecule has 8 nitrogen and oxygen atoms in total. The smallest absolute Gasteiger partial charge is 0.334 e. The molecular weight excluding hydrogens is 512 g/mol. The molecule has 40 heavy (non-hydrogen) atoms. The Morgan fingerprint density at radius 3 is 2.40 bits per heavy atom. The summed E-state index contributed by atoms with van der Waals surface area (Å²) in [6.45, 7) is 10.6. The molecule has 0 unspecified atom stereocenters. The van der Waals surface area contributed by atoms with Crippen molar-refractivity contribution in [3.8, 4) is 0 Å². The number of ether oxygens (including phenoxy) is 4. The van der Waals surface area contributed by atoms with Gasteiger partial charge in [-0.05, 0) is 95.3 Å². The van der Waals surface area contributed by atoms with Gasteiger partial charge in [-0.15, -0.1) is 0 Å². The van der Waals surface area contributed by atoms with E-state index in [-0.39, 0.29) is 41.4 Å². The van der Waals surface area contributed by atoms with Crippen LogP contribution < -0.4 is 0 Å². The molecule has 1 spiro atoms. The van der Waals surface area contributed by atoms with E-state index in [2.05, 4.69) is 6.08 Å². The Bertz CT molecular complexity index is 1280. The Morgan fingerprint density at radius 2 is 1.73 bits per heavy atom. The highest BCUT2D eigenvalue weighted by atomic mass is 16.7. The number of ketones is 1. The Labute approximate surface area is 235 Å². The Kier molecular flexibility index (Phi) is 6.26. The molecule has 10 atom stereocenters. The topological polar surface area (TPSA) is 105 Å². The molecule has 6 aliphatic rings. The number of hydrogen-bond donors (Lipinski definition) is 0. The maximum atomic E-state index is 13.5. The van der Waals surface area contributed by atoms with Crippen LogP contribution in [-0.2, 0) is 38.1 Å². The summed E-state index contributed by atoms with van der Waals surface area (Å²) in [7, 11) is 0. The highest BCUT2D eigenvalue weighted by Crippen LogP contribution is 2.72. The van der Waals surface area contributed by atoms with Gasteiger partial charge in [0.15, 0.2) is 5.78 Å². The summed E-state index contributed by atoms with van der Waals surface area (Å²) in [4.78, 5) is 50.5. The van der Waals surface area contributed by atoms with Crippen LogP contribution in [0.3, 0.4) is 0 Å². The van der Waals surface area contributed by atoms with Gasteiger partial charge in [0.1, 0.15) is 17.8 Å². The molecule has 8 heteroatoms. The molecule has 2 aliphatic heterocycles. The number of esters is 3. The maximum Gasteiger partial charge on any atom is 0.334 e. The third-order valence-electron chi connectivity index (χ3n) is 11.6. The lowest BCUT2D eigenvalue weighted by Gasteiger charge is -2.57. The SMILES string of the molecule is CC(=O)O[C@H]1O[C@@](C)([C@H]2CC(C)=C(C)C(=O)O2)[C@H]2CC[C@H]3[C@@H]4CC=C5[C@@H](OC(C)=O)C=CC(=O)[C@]5(C)[C@H]4CC[C@]123. The zero-order chi connectivity index (χ0) is 28.8. The standard InChI is InChI=1S/C32H40O8/c1-16-15-27(39-28(36)17(16)2)31(6)25-11-9-22-20-7-8-23-24(37-18(3)33)10-12-26(35)30(23,5)21(20)13-14-32(22,25)29(40-31)38-19(4)34/h8,10,12,20-22,24-25,27,29H,7,9,11,13-15H2,1-6H3/t20-,21+,22+,24+,25-,27-,29+,30-,31-,32-/m1/s1. The molecule has 4 aliphatic carbocycles. The van der Waals surface area contributed by atoms with Crippen molar-refractivity contribution in [2.75, 3.05) is 0 Å². The van der Waals surface area contributed by atoms with Crippen LogP contribution in [0.2, 0.25) is 0 Å². The van der Waals surface area contributed by atoms with Crippen molar-refractivity contribution in [3.05, 3.63) is 34.9 Å². The fourth-order valence-corrected chi connectivity index (χ4v) is 9.69. The second-order valence-electron chi connectivity index (χ2n) is 13.3. The van der Waals surface area contributed by atoms with Crippen LogP contribution in [0, 0.1) is 34.5 Å². The Hall–Kier alpha value is -2.74. The number of rotatable bonds is 3. The Balaban J connectivity index is 1.38. The van der Waals surface area contributed by atoms with E-state index in [1.165, 1.54) is 13.8 Å². The predicted octanol–water partition coefficient (Wildman–Crippen LogP) is 4.76. The van der Waals surface area contributed by atoms with Crippen LogP contribution in [0.25, 0.3) is 0 Å². The van der Waals surface area contributed by atoms with E-state index < -0.39 is 40.9 Å². The van der Waals surface area contributed by atoms with Crippen LogP contribution in [-0.4, -0.2) is 47.8 Å². The van der Waals surface area contributed by atoms with E-state index in [0.717, 1.165) is 43.3 Å². The van der Waals surface area contributed by atoms with Crippen LogP contribution in [0.5, 0.6) is 0 Å². The van der Waals surface area contributed by atoms with E-state index in [0.29, 0.717) is 12.0 Å². The van der Waals surface area contributed by atoms with Crippen LogP contribution in [0.4, 0.5) is 0 Å². The summed E-state index contributed by atoms with van der Waals surface area (Å²) in [6, 6.07) is 0. The van der Waals surface area contributed by atoms with E-state index in [4.69, 9.17) is 18.9 Å². The fraction of sp³-hybridized carbons (Fsp3) is 0.688. The van der Waals surface area contributed by atoms with E-state index >= 15 is 0 Å². The molecule has 2 saturated carbocycles. The van der Waals surface area contributed by atoms with Gasteiger partial charge in [0.2, 0.25) is 6.29 Å². The van der Waals surface area contributed by atoms with Crippen LogP contribution in [0.15, 0.2) is 34.9 Å². The fourth-order valence-electron chi connectivity index (χ4n) is 9.69. The van der Waals surface area contributed by atoms with Crippen molar-refractivity contribution < 1.29 is 38.1 Å². The quantitative estimate of drug-likeness (QED) is 0.280. The summed E-state index contributed by atoms with van der Waals surface area (Å²) in [6.07, 6.45) is 8.32. The minimum Gasteiger partial charge on any atom is -0.456 e. The van der Waals surface area contributed by atoms with Gasteiger partial charge in [-0.1, -0.05) is 11.6 Å². The molecule has 6 rings (SSSR count). The number of hydrogen-bond acceptors (Lipinski definition) is 8. The number of cyclic esters (lactones) is 1. The van der Waals surface area contributed by atoms with Crippen molar-refractivity contribution in [1.29, 1.82) is 0 Å². The largest absolute Gasteiger partial charge is 0.456 e. The first kappa shape index (κ1) is 27.4. The van der Waals surface area contributed by atoms with Gasteiger partial charge < -0.3 is 18.9 Å². The van der Waals surface area contributed by atoms with Gasteiger partial charge in [0.25, 0.3) is 0 Å². The molecule has 0 amide bonds.